The third-order valence-corrected chi connectivity index (χ3v) is 4.54. The Labute approximate surface area is 167 Å². The first-order valence-corrected chi connectivity index (χ1v) is 10.2. The summed E-state index contributed by atoms with van der Waals surface area (Å²) in [7, 11) is -0.237. The second-order valence-electron chi connectivity index (χ2n) is 5.79. The number of nitrogens with zero attached hydrogens (tertiary/aromatic N) is 4. The smallest absolute Gasteiger partial charge is 0.231 e. The number of methoxy groups -OCH3 is 1. The molecule has 28 heavy (non-hydrogen) atoms. The largest absolute Gasteiger partial charge is 0.497 e. The van der Waals surface area contributed by atoms with Crippen LogP contribution >= 0.6 is 11.6 Å². The molecule has 12 heteroatoms. The van der Waals surface area contributed by atoms with Crippen LogP contribution in [0.5, 0.6) is 5.75 Å². The number of sulfonamides is 1. The van der Waals surface area contributed by atoms with E-state index in [2.05, 4.69) is 30.2 Å². The molecule has 1 aromatic carbocycles. The van der Waals surface area contributed by atoms with Gasteiger partial charge >= 0.3 is 0 Å². The van der Waals surface area contributed by atoms with E-state index < -0.39 is 10.0 Å². The Morgan fingerprint density at radius 2 is 2.04 bits per heavy atom. The van der Waals surface area contributed by atoms with Crippen molar-refractivity contribution in [1.29, 1.82) is 0 Å². The number of rotatable bonds is 7. The van der Waals surface area contributed by atoms with Gasteiger partial charge in [-0.1, -0.05) is 11.6 Å². The van der Waals surface area contributed by atoms with E-state index in [9.17, 15) is 8.42 Å². The van der Waals surface area contributed by atoms with E-state index in [1.54, 1.807) is 42.5 Å². The number of halogens is 1. The van der Waals surface area contributed by atoms with Crippen LogP contribution in [0.2, 0.25) is 5.02 Å². The van der Waals surface area contributed by atoms with Crippen LogP contribution in [0.15, 0.2) is 36.8 Å². The Balaban J connectivity index is 1.96. The van der Waals surface area contributed by atoms with E-state index >= 15 is 0 Å². The van der Waals surface area contributed by atoms with Gasteiger partial charge in [0.15, 0.2) is 5.82 Å². The average Bonchev–Trinajstić information content (AvgIpc) is 3.17. The van der Waals surface area contributed by atoms with E-state index in [1.807, 2.05) is 0 Å². The molecule has 0 unspecified atom stereocenters. The van der Waals surface area contributed by atoms with Crippen LogP contribution in [0, 0.1) is 0 Å². The Morgan fingerprint density at radius 3 is 2.68 bits per heavy atom. The number of hydrogen-bond acceptors (Lipinski definition) is 8. The molecular formula is C16H18ClN7O3S. The minimum Gasteiger partial charge on any atom is -0.497 e. The molecule has 148 valence electrons. The van der Waals surface area contributed by atoms with Gasteiger partial charge in [0.25, 0.3) is 0 Å². The van der Waals surface area contributed by atoms with E-state index in [4.69, 9.17) is 16.3 Å². The molecule has 2 heterocycles. The van der Waals surface area contributed by atoms with Crippen LogP contribution < -0.4 is 19.7 Å². The summed E-state index contributed by atoms with van der Waals surface area (Å²) in [5.41, 5.74) is 1.50. The molecule has 0 fully saturated rings. The second-order valence-corrected chi connectivity index (χ2v) is 7.95. The van der Waals surface area contributed by atoms with Crippen molar-refractivity contribution in [2.24, 2.45) is 0 Å². The van der Waals surface area contributed by atoms with Crippen LogP contribution in [0.25, 0.3) is 0 Å². The van der Waals surface area contributed by atoms with Crippen LogP contribution in [-0.4, -0.2) is 49.0 Å². The molecule has 0 amide bonds. The summed E-state index contributed by atoms with van der Waals surface area (Å²) in [6, 6.07) is 4.89. The van der Waals surface area contributed by atoms with Gasteiger partial charge in [-0.2, -0.15) is 10.1 Å². The van der Waals surface area contributed by atoms with Crippen molar-refractivity contribution in [1.82, 2.24) is 20.2 Å². The quantitative estimate of drug-likeness (QED) is 0.529. The van der Waals surface area contributed by atoms with Crippen LogP contribution in [-0.2, 0) is 10.0 Å². The van der Waals surface area contributed by atoms with Crippen molar-refractivity contribution in [3.8, 4) is 5.75 Å². The molecule has 0 saturated carbocycles. The lowest BCUT2D eigenvalue weighted by atomic mass is 10.2. The molecule has 3 N–H and O–H groups in total. The summed E-state index contributed by atoms with van der Waals surface area (Å²) in [6.07, 6.45) is 5.84. The Morgan fingerprint density at radius 1 is 1.25 bits per heavy atom. The van der Waals surface area contributed by atoms with Crippen molar-refractivity contribution >= 4 is 50.5 Å². The van der Waals surface area contributed by atoms with Crippen LogP contribution in [0.1, 0.15) is 0 Å². The third kappa shape index (κ3) is 4.61. The average molecular weight is 424 g/mol. The normalized spacial score (nSPS) is 11.1. The van der Waals surface area contributed by atoms with Gasteiger partial charge in [-0.3, -0.25) is 9.82 Å². The fourth-order valence-electron chi connectivity index (χ4n) is 2.32. The number of aromatic nitrogens is 4. The fourth-order valence-corrected chi connectivity index (χ4v) is 3.03. The predicted octanol–water partition coefficient (Wildman–Crippen LogP) is 2.74. The standard InChI is InChI=1S/C16H18ClN7O3S/c1-24(10-7-19-20-8-10)16-18-9-12(17)15(22-16)21-13-5-4-11(27-2)6-14(13)23-28(3,25)26/h4-9,23H,1-3H3,(H,19,20)(H,18,21,22). The third-order valence-electron chi connectivity index (χ3n) is 3.68. The molecule has 0 atom stereocenters. The molecular weight excluding hydrogens is 406 g/mol. The molecule has 3 rings (SSSR count). The summed E-state index contributed by atoms with van der Waals surface area (Å²) >= 11 is 6.23. The van der Waals surface area contributed by atoms with Gasteiger partial charge in [0.2, 0.25) is 16.0 Å². The molecule has 0 bridgehead atoms. The molecule has 0 saturated heterocycles. The van der Waals surface area contributed by atoms with Crippen molar-refractivity contribution in [3.63, 3.8) is 0 Å². The summed E-state index contributed by atoms with van der Waals surface area (Å²) < 4.78 is 31.0. The lowest BCUT2D eigenvalue weighted by Gasteiger charge is -2.18. The molecule has 3 aromatic rings. The maximum absolute atomic E-state index is 11.7. The Hall–Kier alpha value is -3.05. The van der Waals surface area contributed by atoms with Gasteiger partial charge in [-0.15, -0.1) is 0 Å². The van der Waals surface area contributed by atoms with Crippen molar-refractivity contribution in [2.45, 2.75) is 0 Å². The first-order chi connectivity index (χ1) is 13.3. The van der Waals surface area contributed by atoms with Gasteiger partial charge in [0, 0.05) is 19.3 Å². The maximum atomic E-state index is 11.7. The lowest BCUT2D eigenvalue weighted by Crippen LogP contribution is -2.14. The zero-order valence-corrected chi connectivity index (χ0v) is 16.8. The summed E-state index contributed by atoms with van der Waals surface area (Å²) in [5, 5.41) is 9.93. The SMILES string of the molecule is COc1ccc(Nc2nc(N(C)c3cn[nH]c3)ncc2Cl)c(NS(C)(=O)=O)c1. The highest BCUT2D eigenvalue weighted by Gasteiger charge is 2.15. The first kappa shape index (κ1) is 19.7. The Bertz CT molecular complexity index is 1070. The van der Waals surface area contributed by atoms with Gasteiger partial charge in [0.1, 0.15) is 10.8 Å². The number of aromatic amines is 1. The first-order valence-electron chi connectivity index (χ1n) is 7.95. The molecule has 0 radical (unpaired) electrons. The zero-order valence-electron chi connectivity index (χ0n) is 15.3. The molecule has 0 spiro atoms. The van der Waals surface area contributed by atoms with Gasteiger partial charge in [-0.05, 0) is 12.1 Å². The van der Waals surface area contributed by atoms with Gasteiger partial charge in [-0.25, -0.2) is 13.4 Å². The Kier molecular flexibility index (Phi) is 5.56. The molecule has 10 nitrogen and oxygen atoms in total. The number of anilines is 5. The predicted molar refractivity (Wildman–Crippen MR) is 108 cm³/mol. The van der Waals surface area contributed by atoms with E-state index in [0.717, 1.165) is 11.9 Å². The monoisotopic (exact) mass is 423 g/mol. The molecule has 0 aliphatic rings. The summed E-state index contributed by atoms with van der Waals surface area (Å²) in [4.78, 5) is 10.4. The summed E-state index contributed by atoms with van der Waals surface area (Å²) in [6.45, 7) is 0. The minimum atomic E-state index is -3.51. The number of ether oxygens (including phenoxy) is 1. The van der Waals surface area contributed by atoms with Crippen molar-refractivity contribution < 1.29 is 13.2 Å². The van der Waals surface area contributed by atoms with E-state index in [0.29, 0.717) is 28.9 Å². The maximum Gasteiger partial charge on any atom is 0.231 e. The lowest BCUT2D eigenvalue weighted by molar-refractivity contribution is 0.415. The fraction of sp³-hybridized carbons (Fsp3) is 0.188. The highest BCUT2D eigenvalue weighted by atomic mass is 35.5. The topological polar surface area (TPSA) is 125 Å². The van der Waals surface area contributed by atoms with Crippen LogP contribution in [0.4, 0.5) is 28.8 Å². The molecule has 0 aliphatic heterocycles. The second kappa shape index (κ2) is 7.90. The van der Waals surface area contributed by atoms with Gasteiger partial charge in [0.05, 0.1) is 42.8 Å². The highest BCUT2D eigenvalue weighted by Crippen LogP contribution is 2.33. The number of hydrogen-bond donors (Lipinski definition) is 3. The van der Waals surface area contributed by atoms with E-state index in [-0.39, 0.29) is 5.02 Å². The van der Waals surface area contributed by atoms with Crippen molar-refractivity contribution in [3.05, 3.63) is 41.8 Å². The zero-order chi connectivity index (χ0) is 20.3. The minimum absolute atomic E-state index is 0.269. The van der Waals surface area contributed by atoms with Crippen LogP contribution in [0.3, 0.4) is 0 Å². The van der Waals surface area contributed by atoms with Crippen molar-refractivity contribution in [2.75, 3.05) is 35.4 Å². The number of H-pyrrole nitrogens is 1. The number of benzene rings is 1. The number of nitrogens with one attached hydrogen (secondary N) is 3. The highest BCUT2D eigenvalue weighted by molar-refractivity contribution is 7.92. The molecule has 0 aliphatic carbocycles. The summed E-state index contributed by atoms with van der Waals surface area (Å²) in [5.74, 6) is 1.18. The van der Waals surface area contributed by atoms with Gasteiger partial charge < -0.3 is 15.0 Å². The van der Waals surface area contributed by atoms with E-state index in [1.165, 1.54) is 13.3 Å². The molecule has 2 aromatic heterocycles.